The first-order valence-corrected chi connectivity index (χ1v) is 6.29. The second-order valence-corrected chi connectivity index (χ2v) is 4.25. The number of carbonyl (C=O) groups excluding carboxylic acids is 1. The Morgan fingerprint density at radius 3 is 2.89 bits per heavy atom. The van der Waals surface area contributed by atoms with E-state index in [9.17, 15) is 4.79 Å². The molecule has 100 valence electrons. The smallest absolute Gasteiger partial charge is 0.305 e. The number of methoxy groups -OCH3 is 1. The van der Waals surface area contributed by atoms with Gasteiger partial charge in [0.2, 0.25) is 0 Å². The maximum absolute atomic E-state index is 11.0. The van der Waals surface area contributed by atoms with Crippen molar-refractivity contribution in [2.75, 3.05) is 7.11 Å². The lowest BCUT2D eigenvalue weighted by Crippen LogP contribution is -1.99. The maximum Gasteiger partial charge on any atom is 0.305 e. The zero-order valence-electron chi connectivity index (χ0n) is 11.1. The van der Waals surface area contributed by atoms with Crippen molar-refractivity contribution in [3.63, 3.8) is 0 Å². The standard InChI is InChI=1S/C15H18N2O2/c1-19-15(18)7-3-2-5-13(8-9-16)11-14-6-4-10-17-12-14/h4,6,8,10,12H,2-3,5,7,11H2,1H3. The topological polar surface area (TPSA) is 63.0 Å². The van der Waals surface area contributed by atoms with E-state index in [0.717, 1.165) is 36.8 Å². The van der Waals surface area contributed by atoms with Gasteiger partial charge >= 0.3 is 5.97 Å². The Labute approximate surface area is 113 Å². The van der Waals surface area contributed by atoms with Crippen molar-refractivity contribution in [3.05, 3.63) is 41.7 Å². The van der Waals surface area contributed by atoms with Crippen LogP contribution in [0.5, 0.6) is 0 Å². The molecule has 1 aromatic heterocycles. The molecule has 4 heteroatoms. The van der Waals surface area contributed by atoms with E-state index in [1.54, 1.807) is 18.5 Å². The molecule has 1 aromatic rings. The van der Waals surface area contributed by atoms with Crippen molar-refractivity contribution < 1.29 is 9.53 Å². The average Bonchev–Trinajstić information content (AvgIpc) is 2.44. The van der Waals surface area contributed by atoms with E-state index in [2.05, 4.69) is 15.8 Å². The number of nitriles is 1. The summed E-state index contributed by atoms with van der Waals surface area (Å²) in [6.45, 7) is 0. The quantitative estimate of drug-likeness (QED) is 0.428. The third-order valence-corrected chi connectivity index (χ3v) is 2.78. The summed E-state index contributed by atoms with van der Waals surface area (Å²) in [6.07, 6.45) is 8.77. The second kappa shape index (κ2) is 8.87. The minimum absolute atomic E-state index is 0.182. The summed E-state index contributed by atoms with van der Waals surface area (Å²) in [5.41, 5.74) is 2.16. The Hall–Kier alpha value is -2.15. The lowest BCUT2D eigenvalue weighted by Gasteiger charge is -2.06. The molecule has 0 aromatic carbocycles. The van der Waals surface area contributed by atoms with Crippen LogP contribution in [0.3, 0.4) is 0 Å². The van der Waals surface area contributed by atoms with Crippen LogP contribution >= 0.6 is 0 Å². The van der Waals surface area contributed by atoms with Crippen LogP contribution in [0.1, 0.15) is 31.2 Å². The average molecular weight is 258 g/mol. The molecule has 19 heavy (non-hydrogen) atoms. The molecule has 0 radical (unpaired) electrons. The van der Waals surface area contributed by atoms with Gasteiger partial charge in [-0.25, -0.2) is 0 Å². The zero-order valence-corrected chi connectivity index (χ0v) is 11.1. The van der Waals surface area contributed by atoms with Crippen LogP contribution in [0.2, 0.25) is 0 Å². The number of esters is 1. The van der Waals surface area contributed by atoms with Gasteiger partial charge in [-0.3, -0.25) is 9.78 Å². The van der Waals surface area contributed by atoms with Crippen molar-refractivity contribution in [2.24, 2.45) is 0 Å². The molecule has 0 aliphatic heterocycles. The Bertz CT molecular complexity index is 461. The van der Waals surface area contributed by atoms with Gasteiger partial charge in [0.05, 0.1) is 13.2 Å². The molecule has 0 unspecified atom stereocenters. The number of nitrogens with zero attached hydrogens (tertiary/aromatic N) is 2. The highest BCUT2D eigenvalue weighted by atomic mass is 16.5. The van der Waals surface area contributed by atoms with E-state index >= 15 is 0 Å². The largest absolute Gasteiger partial charge is 0.469 e. The van der Waals surface area contributed by atoms with Crippen molar-refractivity contribution in [1.82, 2.24) is 4.98 Å². The van der Waals surface area contributed by atoms with Crippen LogP contribution in [0, 0.1) is 11.3 Å². The van der Waals surface area contributed by atoms with E-state index in [0.29, 0.717) is 6.42 Å². The van der Waals surface area contributed by atoms with E-state index in [-0.39, 0.29) is 5.97 Å². The summed E-state index contributed by atoms with van der Waals surface area (Å²) in [5.74, 6) is -0.182. The highest BCUT2D eigenvalue weighted by molar-refractivity contribution is 5.68. The fraction of sp³-hybridized carbons (Fsp3) is 0.400. The number of hydrogen-bond acceptors (Lipinski definition) is 4. The van der Waals surface area contributed by atoms with E-state index in [1.165, 1.54) is 7.11 Å². The Balaban J connectivity index is 2.40. The van der Waals surface area contributed by atoms with Crippen LogP contribution in [-0.2, 0) is 16.0 Å². The summed E-state index contributed by atoms with van der Waals surface area (Å²) < 4.78 is 4.59. The van der Waals surface area contributed by atoms with Crippen LogP contribution < -0.4 is 0 Å². The Morgan fingerprint density at radius 2 is 2.26 bits per heavy atom. The zero-order chi connectivity index (χ0) is 13.9. The predicted molar refractivity (Wildman–Crippen MR) is 72.1 cm³/mol. The predicted octanol–water partition coefficient (Wildman–Crippen LogP) is 2.81. The molecule has 0 saturated carbocycles. The molecule has 0 aliphatic carbocycles. The van der Waals surface area contributed by atoms with Gasteiger partial charge in [0.25, 0.3) is 0 Å². The highest BCUT2D eigenvalue weighted by Gasteiger charge is 2.03. The monoisotopic (exact) mass is 258 g/mol. The molecular formula is C15H18N2O2. The van der Waals surface area contributed by atoms with Crippen LogP contribution in [0.4, 0.5) is 0 Å². The molecule has 1 rings (SSSR count). The lowest BCUT2D eigenvalue weighted by atomic mass is 10.0. The molecule has 0 saturated heterocycles. The van der Waals surface area contributed by atoms with Crippen LogP contribution in [0.25, 0.3) is 0 Å². The number of rotatable bonds is 7. The molecule has 0 amide bonds. The minimum Gasteiger partial charge on any atom is -0.469 e. The summed E-state index contributed by atoms with van der Waals surface area (Å²) in [5, 5.41) is 8.78. The van der Waals surface area contributed by atoms with Gasteiger partial charge in [-0.15, -0.1) is 0 Å². The summed E-state index contributed by atoms with van der Waals surface area (Å²) in [7, 11) is 1.39. The fourth-order valence-corrected chi connectivity index (χ4v) is 1.79. The van der Waals surface area contributed by atoms with Crippen LogP contribution in [0.15, 0.2) is 36.2 Å². The van der Waals surface area contributed by atoms with E-state index in [1.807, 2.05) is 12.1 Å². The van der Waals surface area contributed by atoms with Gasteiger partial charge in [-0.05, 0) is 37.3 Å². The van der Waals surface area contributed by atoms with Gasteiger partial charge in [0.1, 0.15) is 0 Å². The van der Waals surface area contributed by atoms with Crippen molar-refractivity contribution >= 4 is 5.97 Å². The fourth-order valence-electron chi connectivity index (χ4n) is 1.79. The molecular weight excluding hydrogens is 240 g/mol. The summed E-state index contributed by atoms with van der Waals surface area (Å²) in [4.78, 5) is 15.0. The molecule has 1 heterocycles. The first-order chi connectivity index (χ1) is 9.26. The SMILES string of the molecule is COC(=O)CCCCC(=CC#N)Cc1cccnc1. The third kappa shape index (κ3) is 6.37. The summed E-state index contributed by atoms with van der Waals surface area (Å²) in [6, 6.07) is 5.95. The Kier molecular flexibility index (Phi) is 6.96. The van der Waals surface area contributed by atoms with Gasteiger partial charge in [-0.2, -0.15) is 5.26 Å². The van der Waals surface area contributed by atoms with Gasteiger partial charge in [-0.1, -0.05) is 11.6 Å². The Morgan fingerprint density at radius 1 is 1.47 bits per heavy atom. The second-order valence-electron chi connectivity index (χ2n) is 4.25. The number of aromatic nitrogens is 1. The number of pyridine rings is 1. The first kappa shape index (κ1) is 14.9. The number of unbranched alkanes of at least 4 members (excludes halogenated alkanes) is 1. The number of carbonyl (C=O) groups is 1. The molecule has 0 N–H and O–H groups in total. The van der Waals surface area contributed by atoms with Crippen molar-refractivity contribution in [3.8, 4) is 6.07 Å². The van der Waals surface area contributed by atoms with E-state index < -0.39 is 0 Å². The van der Waals surface area contributed by atoms with Gasteiger partial charge in [0.15, 0.2) is 0 Å². The first-order valence-electron chi connectivity index (χ1n) is 6.29. The van der Waals surface area contributed by atoms with Gasteiger partial charge in [0, 0.05) is 24.9 Å². The van der Waals surface area contributed by atoms with Gasteiger partial charge < -0.3 is 4.74 Å². The van der Waals surface area contributed by atoms with Crippen LogP contribution in [-0.4, -0.2) is 18.1 Å². The number of allylic oxidation sites excluding steroid dienone is 2. The maximum atomic E-state index is 11.0. The molecule has 0 atom stereocenters. The van der Waals surface area contributed by atoms with E-state index in [4.69, 9.17) is 5.26 Å². The molecule has 0 spiro atoms. The third-order valence-electron chi connectivity index (χ3n) is 2.78. The molecule has 4 nitrogen and oxygen atoms in total. The molecule has 0 fully saturated rings. The molecule has 0 bridgehead atoms. The molecule has 0 aliphatic rings. The summed E-state index contributed by atoms with van der Waals surface area (Å²) >= 11 is 0. The number of hydrogen-bond donors (Lipinski definition) is 0. The van der Waals surface area contributed by atoms with Crippen molar-refractivity contribution in [2.45, 2.75) is 32.1 Å². The number of ether oxygens (including phenoxy) is 1. The highest BCUT2D eigenvalue weighted by Crippen LogP contribution is 2.14. The minimum atomic E-state index is -0.182. The normalized spacial score (nSPS) is 10.8. The van der Waals surface area contributed by atoms with Crippen molar-refractivity contribution in [1.29, 1.82) is 5.26 Å². The lowest BCUT2D eigenvalue weighted by molar-refractivity contribution is -0.140.